The Kier molecular flexibility index (Phi) is 6.21. The van der Waals surface area contributed by atoms with Crippen molar-refractivity contribution in [3.05, 3.63) is 65.5 Å². The topological polar surface area (TPSA) is 44.4 Å². The maximum absolute atomic E-state index is 12.8. The summed E-state index contributed by atoms with van der Waals surface area (Å²) in [4.78, 5) is 13.7. The van der Waals surface area contributed by atoms with Crippen molar-refractivity contribution >= 4 is 11.7 Å². The Balaban J connectivity index is 1.73. The fraction of sp³-hybridized carbons (Fsp3) is 0.211. The predicted molar refractivity (Wildman–Crippen MR) is 94.3 cm³/mol. The number of carbonyl (C=O) groups excluding carboxylic acids is 1. The normalized spacial score (nSPS) is 9.62. The number of nitrogens with zero attached hydrogens (tertiary/aromatic N) is 1. The SMILES string of the molecule is CN(C)c1ccc(C#CCNC(=O)NCc2ccc(F)cc2)cc1. The quantitative estimate of drug-likeness (QED) is 0.849. The molecule has 0 aliphatic carbocycles. The zero-order chi connectivity index (χ0) is 17.4. The molecular weight excluding hydrogens is 305 g/mol. The number of hydrogen-bond acceptors (Lipinski definition) is 2. The minimum atomic E-state index is -0.309. The van der Waals surface area contributed by atoms with Gasteiger partial charge in [-0.2, -0.15) is 0 Å². The molecule has 0 aromatic heterocycles. The summed E-state index contributed by atoms with van der Waals surface area (Å²) in [5.74, 6) is 5.60. The van der Waals surface area contributed by atoms with Gasteiger partial charge in [-0.3, -0.25) is 0 Å². The van der Waals surface area contributed by atoms with Crippen LogP contribution in [0.4, 0.5) is 14.9 Å². The number of urea groups is 1. The van der Waals surface area contributed by atoms with Gasteiger partial charge in [-0.05, 0) is 42.0 Å². The minimum Gasteiger partial charge on any atom is -0.378 e. The van der Waals surface area contributed by atoms with E-state index in [4.69, 9.17) is 0 Å². The second-order valence-electron chi connectivity index (χ2n) is 5.41. The van der Waals surface area contributed by atoms with Gasteiger partial charge in [-0.15, -0.1) is 0 Å². The van der Waals surface area contributed by atoms with Crippen LogP contribution in [0.2, 0.25) is 0 Å². The average Bonchev–Trinajstić information content (AvgIpc) is 2.58. The third kappa shape index (κ3) is 5.65. The number of rotatable bonds is 4. The van der Waals surface area contributed by atoms with Gasteiger partial charge in [0.25, 0.3) is 0 Å². The Morgan fingerprint density at radius 3 is 2.33 bits per heavy atom. The number of carbonyl (C=O) groups is 1. The van der Waals surface area contributed by atoms with Gasteiger partial charge in [0.1, 0.15) is 5.82 Å². The van der Waals surface area contributed by atoms with E-state index >= 15 is 0 Å². The molecule has 5 heteroatoms. The molecule has 0 unspecified atom stereocenters. The van der Waals surface area contributed by atoms with Crippen molar-refractivity contribution in [1.29, 1.82) is 0 Å². The van der Waals surface area contributed by atoms with Crippen LogP contribution in [0.15, 0.2) is 48.5 Å². The first kappa shape index (κ1) is 17.4. The van der Waals surface area contributed by atoms with Gasteiger partial charge in [0.05, 0.1) is 6.54 Å². The molecule has 2 aromatic carbocycles. The Hall–Kier alpha value is -3.00. The smallest absolute Gasteiger partial charge is 0.315 e. The van der Waals surface area contributed by atoms with E-state index in [9.17, 15) is 9.18 Å². The number of hydrogen-bond donors (Lipinski definition) is 2. The molecule has 0 bridgehead atoms. The molecule has 0 aliphatic heterocycles. The summed E-state index contributed by atoms with van der Waals surface area (Å²) in [6, 6.07) is 13.5. The second kappa shape index (κ2) is 8.59. The lowest BCUT2D eigenvalue weighted by Crippen LogP contribution is -2.35. The van der Waals surface area contributed by atoms with E-state index in [-0.39, 0.29) is 18.4 Å². The minimum absolute atomic E-state index is 0.255. The Morgan fingerprint density at radius 2 is 1.71 bits per heavy atom. The number of amides is 2. The lowest BCUT2D eigenvalue weighted by Gasteiger charge is -2.11. The van der Waals surface area contributed by atoms with Crippen molar-refractivity contribution < 1.29 is 9.18 Å². The molecule has 0 fully saturated rings. The van der Waals surface area contributed by atoms with Gasteiger partial charge < -0.3 is 15.5 Å². The summed E-state index contributed by atoms with van der Waals surface area (Å²) in [5, 5.41) is 5.35. The molecule has 0 saturated heterocycles. The van der Waals surface area contributed by atoms with Gasteiger partial charge in [0.15, 0.2) is 0 Å². The molecule has 2 amide bonds. The second-order valence-corrected chi connectivity index (χ2v) is 5.41. The molecule has 2 rings (SSSR count). The zero-order valence-corrected chi connectivity index (χ0v) is 13.8. The van der Waals surface area contributed by atoms with Gasteiger partial charge in [0.2, 0.25) is 0 Å². The first-order chi connectivity index (χ1) is 11.5. The van der Waals surface area contributed by atoms with Crippen LogP contribution in [0, 0.1) is 17.7 Å². The molecule has 0 aliphatic rings. The van der Waals surface area contributed by atoms with Crippen molar-refractivity contribution in [2.75, 3.05) is 25.5 Å². The molecule has 0 heterocycles. The molecule has 0 saturated carbocycles. The molecule has 124 valence electrons. The van der Waals surface area contributed by atoms with Crippen LogP contribution in [0.25, 0.3) is 0 Å². The molecule has 2 N–H and O–H groups in total. The summed E-state index contributed by atoms with van der Waals surface area (Å²) >= 11 is 0. The molecular formula is C19H20FN3O. The van der Waals surface area contributed by atoms with Crippen LogP contribution < -0.4 is 15.5 Å². The molecule has 0 atom stereocenters. The summed E-state index contributed by atoms with van der Waals surface area (Å²) in [6.45, 7) is 0.593. The monoisotopic (exact) mass is 325 g/mol. The molecule has 4 nitrogen and oxygen atoms in total. The summed E-state index contributed by atoms with van der Waals surface area (Å²) in [7, 11) is 3.96. The number of nitrogens with one attached hydrogen (secondary N) is 2. The third-order valence-corrected chi connectivity index (χ3v) is 3.32. The van der Waals surface area contributed by atoms with Crippen molar-refractivity contribution in [2.24, 2.45) is 0 Å². The van der Waals surface area contributed by atoms with Crippen LogP contribution in [0.1, 0.15) is 11.1 Å². The fourth-order valence-electron chi connectivity index (χ4n) is 1.96. The standard InChI is InChI=1S/C19H20FN3O/c1-23(2)18-11-7-15(8-12-18)4-3-13-21-19(24)22-14-16-5-9-17(20)10-6-16/h5-12H,13-14H2,1-2H3,(H2,21,22,24). The van der Waals surface area contributed by atoms with Crippen LogP contribution in [-0.2, 0) is 6.54 Å². The number of benzene rings is 2. The van der Waals surface area contributed by atoms with Crippen LogP contribution in [-0.4, -0.2) is 26.7 Å². The highest BCUT2D eigenvalue weighted by molar-refractivity contribution is 5.74. The van der Waals surface area contributed by atoms with Crippen molar-refractivity contribution in [2.45, 2.75) is 6.54 Å². The molecule has 0 spiro atoms. The van der Waals surface area contributed by atoms with E-state index in [1.165, 1.54) is 12.1 Å². The van der Waals surface area contributed by atoms with Gasteiger partial charge in [-0.25, -0.2) is 9.18 Å². The van der Waals surface area contributed by atoms with Crippen molar-refractivity contribution in [3.63, 3.8) is 0 Å². The highest BCUT2D eigenvalue weighted by Crippen LogP contribution is 2.11. The molecule has 24 heavy (non-hydrogen) atoms. The van der Waals surface area contributed by atoms with E-state index in [1.807, 2.05) is 43.3 Å². The number of halogens is 1. The summed E-state index contributed by atoms with van der Waals surface area (Å²) < 4.78 is 12.8. The van der Waals surface area contributed by atoms with Crippen molar-refractivity contribution in [3.8, 4) is 11.8 Å². The van der Waals surface area contributed by atoms with Gasteiger partial charge in [0, 0.05) is 31.9 Å². The Bertz CT molecular complexity index is 728. The third-order valence-electron chi connectivity index (χ3n) is 3.32. The van der Waals surface area contributed by atoms with E-state index in [0.717, 1.165) is 16.8 Å². The van der Waals surface area contributed by atoms with Gasteiger partial charge >= 0.3 is 6.03 Å². The number of anilines is 1. The van der Waals surface area contributed by atoms with Crippen molar-refractivity contribution in [1.82, 2.24) is 10.6 Å². The van der Waals surface area contributed by atoms with E-state index < -0.39 is 0 Å². The largest absolute Gasteiger partial charge is 0.378 e. The van der Waals surface area contributed by atoms with Gasteiger partial charge in [-0.1, -0.05) is 24.0 Å². The molecule has 2 aromatic rings. The fourth-order valence-corrected chi connectivity index (χ4v) is 1.96. The Labute approximate surface area is 141 Å². The zero-order valence-electron chi connectivity index (χ0n) is 13.8. The van der Waals surface area contributed by atoms with E-state index in [0.29, 0.717) is 6.54 Å². The highest BCUT2D eigenvalue weighted by Gasteiger charge is 1.99. The maximum Gasteiger partial charge on any atom is 0.315 e. The summed E-state index contributed by atoms with van der Waals surface area (Å²) in [6.07, 6.45) is 0. The van der Waals surface area contributed by atoms with Crippen LogP contribution in [0.3, 0.4) is 0 Å². The average molecular weight is 325 g/mol. The maximum atomic E-state index is 12.8. The van der Waals surface area contributed by atoms with Crippen LogP contribution in [0.5, 0.6) is 0 Å². The van der Waals surface area contributed by atoms with E-state index in [2.05, 4.69) is 22.5 Å². The molecule has 0 radical (unpaired) electrons. The highest BCUT2D eigenvalue weighted by atomic mass is 19.1. The summed E-state index contributed by atoms with van der Waals surface area (Å²) in [5.41, 5.74) is 2.84. The van der Waals surface area contributed by atoms with Crippen LogP contribution >= 0.6 is 0 Å². The first-order valence-corrected chi connectivity index (χ1v) is 7.57. The first-order valence-electron chi connectivity index (χ1n) is 7.57. The lowest BCUT2D eigenvalue weighted by atomic mass is 10.2. The van der Waals surface area contributed by atoms with E-state index in [1.54, 1.807) is 12.1 Å². The Morgan fingerprint density at radius 1 is 1.04 bits per heavy atom. The lowest BCUT2D eigenvalue weighted by molar-refractivity contribution is 0.241. The predicted octanol–water partition coefficient (Wildman–Crippen LogP) is 2.74.